The molecule has 0 bridgehead atoms. The van der Waals surface area contributed by atoms with Crippen LogP contribution in [-0.2, 0) is 17.8 Å². The summed E-state index contributed by atoms with van der Waals surface area (Å²) in [5, 5.41) is 4.06. The van der Waals surface area contributed by atoms with Crippen LogP contribution in [0, 0.1) is 13.8 Å². The fourth-order valence-electron chi connectivity index (χ4n) is 2.18. The van der Waals surface area contributed by atoms with Gasteiger partial charge in [0.15, 0.2) is 0 Å². The number of hydrogen-bond donors (Lipinski definition) is 1. The van der Waals surface area contributed by atoms with Crippen molar-refractivity contribution in [3.05, 3.63) is 33.8 Å². The molecule has 0 aliphatic carbocycles. The zero-order valence-corrected chi connectivity index (χ0v) is 13.8. The number of nitrogens with one attached hydrogen (secondary N) is 1. The Bertz CT molecular complexity index is 597. The van der Waals surface area contributed by atoms with Crippen LogP contribution in [0.1, 0.15) is 47.7 Å². The standard InChI is InChI=1S/C15H22N4OS/c1-5-12(15-17-10(3)11(4)21-15)18-14(20)9-19-8-7-16-13(19)6-2/h7-8,12H,5-6,9H2,1-4H3,(H,18,20). The number of imidazole rings is 1. The third kappa shape index (κ3) is 3.69. The second kappa shape index (κ2) is 6.85. The lowest BCUT2D eigenvalue weighted by molar-refractivity contribution is -0.122. The molecule has 0 spiro atoms. The highest BCUT2D eigenvalue weighted by atomic mass is 32.1. The van der Waals surface area contributed by atoms with E-state index in [1.807, 2.05) is 24.6 Å². The first-order valence-corrected chi connectivity index (χ1v) is 8.10. The Morgan fingerprint density at radius 2 is 2.19 bits per heavy atom. The van der Waals surface area contributed by atoms with Gasteiger partial charge in [0.25, 0.3) is 0 Å². The lowest BCUT2D eigenvalue weighted by Gasteiger charge is -2.15. The fourth-order valence-corrected chi connectivity index (χ4v) is 3.24. The van der Waals surface area contributed by atoms with Gasteiger partial charge >= 0.3 is 0 Å². The van der Waals surface area contributed by atoms with E-state index in [0.29, 0.717) is 6.54 Å². The summed E-state index contributed by atoms with van der Waals surface area (Å²) in [4.78, 5) is 22.2. The van der Waals surface area contributed by atoms with Crippen LogP contribution in [0.5, 0.6) is 0 Å². The van der Waals surface area contributed by atoms with Crippen molar-refractivity contribution >= 4 is 17.2 Å². The minimum atomic E-state index is -0.0107. The van der Waals surface area contributed by atoms with Gasteiger partial charge in [-0.05, 0) is 20.3 Å². The maximum absolute atomic E-state index is 12.2. The van der Waals surface area contributed by atoms with Crippen LogP contribution in [0.3, 0.4) is 0 Å². The Hall–Kier alpha value is -1.69. The van der Waals surface area contributed by atoms with E-state index < -0.39 is 0 Å². The quantitative estimate of drug-likeness (QED) is 0.892. The molecule has 2 heterocycles. The number of hydrogen-bond acceptors (Lipinski definition) is 4. The molecule has 0 aliphatic heterocycles. The first kappa shape index (κ1) is 15.7. The minimum Gasteiger partial charge on any atom is -0.345 e. The van der Waals surface area contributed by atoms with Gasteiger partial charge < -0.3 is 9.88 Å². The van der Waals surface area contributed by atoms with Gasteiger partial charge in [-0.3, -0.25) is 4.79 Å². The van der Waals surface area contributed by atoms with E-state index in [4.69, 9.17) is 0 Å². The molecule has 5 nitrogen and oxygen atoms in total. The van der Waals surface area contributed by atoms with Crippen molar-refractivity contribution in [1.82, 2.24) is 19.9 Å². The van der Waals surface area contributed by atoms with Crippen LogP contribution in [0.4, 0.5) is 0 Å². The molecule has 1 atom stereocenters. The van der Waals surface area contributed by atoms with E-state index in [1.54, 1.807) is 17.5 Å². The van der Waals surface area contributed by atoms with Gasteiger partial charge in [0.2, 0.25) is 5.91 Å². The van der Waals surface area contributed by atoms with Crippen LogP contribution in [0.15, 0.2) is 12.4 Å². The van der Waals surface area contributed by atoms with Crippen LogP contribution in [0.2, 0.25) is 0 Å². The highest BCUT2D eigenvalue weighted by molar-refractivity contribution is 7.11. The summed E-state index contributed by atoms with van der Waals surface area (Å²) in [5.41, 5.74) is 1.05. The Morgan fingerprint density at radius 1 is 1.43 bits per heavy atom. The molecule has 1 unspecified atom stereocenters. The number of aryl methyl sites for hydroxylation is 3. The number of amides is 1. The zero-order chi connectivity index (χ0) is 15.4. The summed E-state index contributed by atoms with van der Waals surface area (Å²) in [7, 11) is 0. The summed E-state index contributed by atoms with van der Waals surface area (Å²) in [5.74, 6) is 0.930. The number of carbonyl (C=O) groups excluding carboxylic acids is 1. The first-order chi connectivity index (χ1) is 10.0. The average Bonchev–Trinajstić information content (AvgIpc) is 3.03. The van der Waals surface area contributed by atoms with Gasteiger partial charge in [0.1, 0.15) is 17.4 Å². The highest BCUT2D eigenvalue weighted by Gasteiger charge is 2.17. The summed E-state index contributed by atoms with van der Waals surface area (Å²) in [6, 6.07) is -0.0107. The molecular formula is C15H22N4OS. The average molecular weight is 306 g/mol. The molecular weight excluding hydrogens is 284 g/mol. The lowest BCUT2D eigenvalue weighted by atomic mass is 10.2. The maximum Gasteiger partial charge on any atom is 0.240 e. The monoisotopic (exact) mass is 306 g/mol. The van der Waals surface area contributed by atoms with Crippen molar-refractivity contribution in [3.8, 4) is 0 Å². The topological polar surface area (TPSA) is 59.8 Å². The summed E-state index contributed by atoms with van der Waals surface area (Å²) in [6.07, 6.45) is 5.24. The third-order valence-corrected chi connectivity index (χ3v) is 4.71. The Balaban J connectivity index is 2.03. The largest absolute Gasteiger partial charge is 0.345 e. The molecule has 21 heavy (non-hydrogen) atoms. The number of aromatic nitrogens is 3. The number of carbonyl (C=O) groups is 1. The molecule has 0 fully saturated rings. The fraction of sp³-hybridized carbons (Fsp3) is 0.533. The maximum atomic E-state index is 12.2. The van der Waals surface area contributed by atoms with Crippen molar-refractivity contribution in [1.29, 1.82) is 0 Å². The van der Waals surface area contributed by atoms with E-state index in [1.165, 1.54) is 4.88 Å². The van der Waals surface area contributed by atoms with E-state index in [-0.39, 0.29) is 11.9 Å². The van der Waals surface area contributed by atoms with Gasteiger partial charge in [-0.1, -0.05) is 13.8 Å². The predicted molar refractivity (Wildman–Crippen MR) is 84.4 cm³/mol. The second-order valence-electron chi connectivity index (χ2n) is 5.05. The zero-order valence-electron chi connectivity index (χ0n) is 13.0. The van der Waals surface area contributed by atoms with Crippen LogP contribution >= 0.6 is 11.3 Å². The lowest BCUT2D eigenvalue weighted by Crippen LogP contribution is -2.31. The molecule has 0 saturated heterocycles. The normalized spacial score (nSPS) is 12.4. The number of rotatable bonds is 6. The van der Waals surface area contributed by atoms with Crippen molar-refractivity contribution in [2.45, 2.75) is 53.1 Å². The number of nitrogens with zero attached hydrogens (tertiary/aromatic N) is 3. The molecule has 114 valence electrons. The molecule has 2 aromatic rings. The van der Waals surface area contributed by atoms with Gasteiger partial charge in [-0.25, -0.2) is 9.97 Å². The summed E-state index contributed by atoms with van der Waals surface area (Å²) in [6.45, 7) is 8.47. The molecule has 6 heteroatoms. The van der Waals surface area contributed by atoms with Crippen molar-refractivity contribution < 1.29 is 4.79 Å². The van der Waals surface area contributed by atoms with Crippen molar-refractivity contribution in [2.24, 2.45) is 0 Å². The van der Waals surface area contributed by atoms with Crippen LogP contribution < -0.4 is 5.32 Å². The van der Waals surface area contributed by atoms with Gasteiger partial charge in [0, 0.05) is 23.7 Å². The Kier molecular flexibility index (Phi) is 5.12. The summed E-state index contributed by atoms with van der Waals surface area (Å²) < 4.78 is 1.89. The Morgan fingerprint density at radius 3 is 2.76 bits per heavy atom. The molecule has 0 aromatic carbocycles. The SMILES string of the molecule is CCc1nccn1CC(=O)NC(CC)c1nc(C)c(C)s1. The highest BCUT2D eigenvalue weighted by Crippen LogP contribution is 2.24. The van der Waals surface area contributed by atoms with Crippen LogP contribution in [-0.4, -0.2) is 20.4 Å². The molecule has 0 aliphatic rings. The second-order valence-corrected chi connectivity index (χ2v) is 6.28. The molecule has 1 N–H and O–H groups in total. The third-order valence-electron chi connectivity index (χ3n) is 3.52. The van der Waals surface area contributed by atoms with Crippen LogP contribution in [0.25, 0.3) is 0 Å². The molecule has 0 saturated carbocycles. The Labute approximate surface area is 129 Å². The molecule has 1 amide bonds. The van der Waals surface area contributed by atoms with E-state index in [2.05, 4.69) is 29.1 Å². The van der Waals surface area contributed by atoms with Gasteiger partial charge in [-0.2, -0.15) is 0 Å². The van der Waals surface area contributed by atoms with E-state index in [0.717, 1.165) is 29.4 Å². The van der Waals surface area contributed by atoms with E-state index in [9.17, 15) is 4.79 Å². The molecule has 0 radical (unpaired) electrons. The van der Waals surface area contributed by atoms with Crippen molar-refractivity contribution in [2.75, 3.05) is 0 Å². The summed E-state index contributed by atoms with van der Waals surface area (Å²) >= 11 is 1.66. The van der Waals surface area contributed by atoms with Gasteiger partial charge in [-0.15, -0.1) is 11.3 Å². The van der Waals surface area contributed by atoms with Crippen molar-refractivity contribution in [3.63, 3.8) is 0 Å². The number of thiazole rings is 1. The predicted octanol–water partition coefficient (Wildman–Crippen LogP) is 2.79. The van der Waals surface area contributed by atoms with Gasteiger partial charge in [0.05, 0.1) is 11.7 Å². The minimum absolute atomic E-state index is 0.0000520. The smallest absolute Gasteiger partial charge is 0.240 e. The first-order valence-electron chi connectivity index (χ1n) is 7.28. The van der Waals surface area contributed by atoms with E-state index >= 15 is 0 Å². The molecule has 2 aromatic heterocycles. The molecule has 2 rings (SSSR count).